The maximum Gasteiger partial charge on any atom is 0.421 e. The minimum atomic E-state index is -4.55. The average molecular weight is 2000 g/mol. The van der Waals surface area contributed by atoms with E-state index < -0.39 is 70.5 Å². The van der Waals surface area contributed by atoms with Gasteiger partial charge in [-0.05, 0) is 215 Å². The zero-order valence-corrected chi connectivity index (χ0v) is 85.8. The Morgan fingerprint density at radius 1 is 0.529 bits per heavy atom. The minimum absolute atomic E-state index is 0.0103. The molecule has 3 aliphatic rings. The molecule has 14 rings (SSSR count). The Balaban J connectivity index is 0.000000176. The molecule has 136 heavy (non-hydrogen) atoms. The summed E-state index contributed by atoms with van der Waals surface area (Å²) < 4.78 is 165. The highest BCUT2D eigenvalue weighted by molar-refractivity contribution is 7.92. The van der Waals surface area contributed by atoms with Crippen LogP contribution in [-0.2, 0) is 61.7 Å². The van der Waals surface area contributed by atoms with Gasteiger partial charge in [0.05, 0.1) is 95.9 Å². The van der Waals surface area contributed by atoms with Gasteiger partial charge in [0.1, 0.15) is 85.0 Å². The van der Waals surface area contributed by atoms with Crippen molar-refractivity contribution < 1.29 is 72.0 Å². The lowest BCUT2D eigenvalue weighted by atomic mass is 10.0. The van der Waals surface area contributed by atoms with Gasteiger partial charge in [0.15, 0.2) is 31.2 Å². The molecule has 0 spiro atoms. The molecular weight excluding hydrogens is 1880 g/mol. The second-order valence-electron chi connectivity index (χ2n) is 34.8. The Bertz CT molecular complexity index is 6670. The van der Waals surface area contributed by atoms with Crippen molar-refractivity contribution in [2.75, 3.05) is 184 Å². The first-order valence-electron chi connectivity index (χ1n) is 43.5. The second-order valence-corrected chi connectivity index (χ2v) is 53.0. The molecule has 2 saturated heterocycles. The summed E-state index contributed by atoms with van der Waals surface area (Å²) in [6.45, 7) is 28.8. The van der Waals surface area contributed by atoms with Gasteiger partial charge in [0, 0.05) is 129 Å². The number of nitrogens with zero attached hydrogens (tertiary/aromatic N) is 13. The van der Waals surface area contributed by atoms with Crippen LogP contribution in [0.2, 0.25) is 5.02 Å². The first kappa shape index (κ1) is 105. The monoisotopic (exact) mass is 2000 g/mol. The van der Waals surface area contributed by atoms with Crippen LogP contribution in [-0.4, -0.2) is 238 Å². The van der Waals surface area contributed by atoms with Crippen molar-refractivity contribution in [3.63, 3.8) is 0 Å². The number of piperidine rings is 1. The first-order valence-corrected chi connectivity index (χ1v) is 57.3. The van der Waals surface area contributed by atoms with Crippen LogP contribution < -0.4 is 86.4 Å². The quantitative estimate of drug-likeness (QED) is 0.0138. The number of piperazine rings is 1. The van der Waals surface area contributed by atoms with Gasteiger partial charge in [0.25, 0.3) is 0 Å². The normalized spacial score (nSPS) is 14.0. The summed E-state index contributed by atoms with van der Waals surface area (Å²) in [5.41, 5.74) is 6.65. The number of likely N-dealkylation sites (N-methyl/N-ethyl adjacent to an activating group) is 1. The number of carbonyl (C=O) groups excluding carboxylic acids is 1. The van der Waals surface area contributed by atoms with Crippen LogP contribution in [0.1, 0.15) is 62.8 Å². The van der Waals surface area contributed by atoms with Gasteiger partial charge in [-0.15, -0.1) is 0 Å². The number of hydrogen-bond donors (Lipinski definition) is 6. The van der Waals surface area contributed by atoms with Gasteiger partial charge in [-0.25, -0.2) is 31.8 Å². The van der Waals surface area contributed by atoms with E-state index in [0.717, 1.165) is 77.9 Å². The fourth-order valence-electron chi connectivity index (χ4n) is 14.8. The van der Waals surface area contributed by atoms with Gasteiger partial charge in [0.2, 0.25) is 17.8 Å². The van der Waals surface area contributed by atoms with Crippen LogP contribution in [0.5, 0.6) is 23.0 Å². The number of methoxy groups -OCH3 is 4. The highest BCUT2D eigenvalue weighted by atomic mass is 35.5. The van der Waals surface area contributed by atoms with E-state index in [1.54, 1.807) is 199 Å². The van der Waals surface area contributed by atoms with E-state index in [2.05, 4.69) is 106 Å². The Labute approximate surface area is 798 Å². The van der Waals surface area contributed by atoms with Crippen LogP contribution >= 0.6 is 40.2 Å². The number of para-hydroxylation sites is 3. The van der Waals surface area contributed by atoms with E-state index in [4.69, 9.17) is 30.5 Å². The first-order chi connectivity index (χ1) is 64.0. The standard InChI is InChI=1S/C30H41ClN7O2P.C24H29N4O5PS.C24H28N4O4PS.C16H20F3N4O2P/c1-21-7-6-8-27(41(4,5)39)28(21)34-29-24(31)20-32-30(35-29)33-25-10-9-23(19-26(25)40-3)37-13-11-22(12-14-37)38-17-15-36(2)16-18-38;1-16(2)35(31,32)22-9-7-6-8-20(22)26-23-17(12-13-29)15-25-24(28-23)27-19-11-10-18(34(4,5)30)14-21(19)33-3;1-16(2)34(30,31)22-9-7-6-8-20(22)28-13-12-17-15-25-24(27-23(17)28)26-19-11-10-18(33(4,5)29)14-21(19)32-3;1-23(2)14-11(16(17,18)19)9-20-15(22-14)21-12-7-6-10(26(4,5)24)8-13(12)25-3/h6-10,19-20,22H,11-18H2,1-5H3,(H2,32,33,34,35);6-11,13-16H,12H2,1-5H3,(H2,25,26,27,28);6-11,13-16H,12H2,1-5H3,(H,25,26,27);6-9H,1-5H3,(H,20,21,22)/q;;+1;. The summed E-state index contributed by atoms with van der Waals surface area (Å²) in [5, 5.41) is 20.8. The molecule has 0 aliphatic carbocycles. The number of halogens is 4. The maximum absolute atomic E-state index is 13.1. The fraction of sp³-hybridized carbons (Fsp3) is 0.362. The summed E-state index contributed by atoms with van der Waals surface area (Å²) in [7, 11) is -5.66. The molecule has 4 aromatic heterocycles. The molecule has 32 nitrogen and oxygen atoms in total. The highest BCUT2D eigenvalue weighted by Gasteiger charge is 2.38. The molecule has 7 aromatic carbocycles. The van der Waals surface area contributed by atoms with Gasteiger partial charge >= 0.3 is 17.9 Å². The molecule has 0 amide bonds. The topological polar surface area (TPSA) is 382 Å². The van der Waals surface area contributed by atoms with Crippen LogP contribution in [0.3, 0.4) is 0 Å². The number of carbonyl (C=O) groups is 1. The third kappa shape index (κ3) is 26.3. The van der Waals surface area contributed by atoms with E-state index in [1.807, 2.05) is 48.0 Å². The number of hydrogen-bond acceptors (Lipinski definition) is 31. The zero-order valence-electron chi connectivity index (χ0n) is 79.8. The summed E-state index contributed by atoms with van der Waals surface area (Å²) in [5.74, 6) is 4.11. The molecule has 726 valence electrons. The molecule has 11 aromatic rings. The SMILES string of the molecule is COc1cc(N2CCC(N3CCN(C)CC3)CC2)ccc1Nc1ncc(Cl)c(Nc2c(C)cccc2P(C)(C)=O)n1.COc1cc(P(C)(C)=O)ccc1Nc1ncc(C(F)(F)F)c(N(C)C)n1.COc1cc(P(C)(C)=O)ccc1Nc1ncc(CC=O)c(Nc2ccccc2S(=O)(=O)C(C)C)n1.COc1cc(P(C)(C)=O)ccc1Nc1ncc2c(n1)[N+](c1ccccc1S(=O)(=O)C(C)C)=CC2. The Kier molecular flexibility index (Phi) is 34.3. The van der Waals surface area contributed by atoms with Gasteiger partial charge in [-0.3, -0.25) is 10.2 Å². The lowest BCUT2D eigenvalue weighted by Crippen LogP contribution is -2.52. The number of rotatable bonds is 30. The molecule has 0 bridgehead atoms. The largest absolute Gasteiger partial charge is 0.495 e. The number of alkyl halides is 3. The number of anilines is 14. The Morgan fingerprint density at radius 2 is 0.993 bits per heavy atom. The van der Waals surface area contributed by atoms with Crippen LogP contribution in [0.15, 0.2) is 174 Å². The van der Waals surface area contributed by atoms with E-state index in [0.29, 0.717) is 114 Å². The van der Waals surface area contributed by atoms with Crippen molar-refractivity contribution in [3.05, 3.63) is 192 Å². The number of aryl methyl sites for hydroxylation is 1. The number of aromatic nitrogens is 8. The van der Waals surface area contributed by atoms with Gasteiger partial charge in [-0.1, -0.05) is 48.0 Å². The van der Waals surface area contributed by atoms with Gasteiger partial charge in [-0.2, -0.15) is 37.7 Å². The molecule has 0 unspecified atom stereocenters. The van der Waals surface area contributed by atoms with E-state index in [1.165, 1.54) is 71.4 Å². The molecule has 42 heteroatoms. The summed E-state index contributed by atoms with van der Waals surface area (Å²) in [6.07, 6.45) is 6.58. The number of ether oxygens (including phenoxy) is 4. The summed E-state index contributed by atoms with van der Waals surface area (Å²) in [4.78, 5) is 55.1. The predicted octanol–water partition coefficient (Wildman–Crippen LogP) is 17.2. The van der Waals surface area contributed by atoms with Crippen molar-refractivity contribution in [1.29, 1.82) is 0 Å². The molecule has 6 N–H and O–H groups in total. The minimum Gasteiger partial charge on any atom is -0.495 e. The maximum atomic E-state index is 13.1. The van der Waals surface area contributed by atoms with Crippen molar-refractivity contribution in [3.8, 4) is 23.0 Å². The molecule has 3 aliphatic heterocycles. The molecule has 0 radical (unpaired) electrons. The van der Waals surface area contributed by atoms with Gasteiger partial charge < -0.3 is 83.3 Å². The molecule has 0 saturated carbocycles. The highest BCUT2D eigenvalue weighted by Crippen LogP contribution is 2.46. The molecule has 2 fully saturated rings. The van der Waals surface area contributed by atoms with Crippen molar-refractivity contribution in [2.45, 2.75) is 92.8 Å². The predicted molar refractivity (Wildman–Crippen MR) is 544 cm³/mol. The van der Waals surface area contributed by atoms with E-state index >= 15 is 0 Å². The summed E-state index contributed by atoms with van der Waals surface area (Å²) >= 11 is 6.48. The van der Waals surface area contributed by atoms with Crippen LogP contribution in [0, 0.1) is 6.92 Å². The third-order valence-electron chi connectivity index (χ3n) is 22.6. The smallest absolute Gasteiger partial charge is 0.421 e. The zero-order chi connectivity index (χ0) is 99.3. The molecule has 7 heterocycles. The number of fused-ring (bicyclic) bond motifs is 1. The summed E-state index contributed by atoms with van der Waals surface area (Å²) in [6, 6.07) is 41.6. The lowest BCUT2D eigenvalue weighted by Gasteiger charge is -2.42. The fourth-order valence-corrected chi connectivity index (χ4v) is 21.2. The molecular formula is C94H118ClF3N19O13P4S2+. The third-order valence-corrected chi connectivity index (χ3v) is 33.4. The van der Waals surface area contributed by atoms with Crippen molar-refractivity contribution in [1.82, 2.24) is 54.2 Å². The van der Waals surface area contributed by atoms with Crippen LogP contribution in [0.4, 0.5) is 106 Å². The number of sulfone groups is 2. The number of nitrogens with one attached hydrogen (secondary N) is 6. The average Bonchev–Trinajstić information content (AvgIpc) is 1.55. The van der Waals surface area contributed by atoms with Crippen molar-refractivity contribution >= 4 is 186 Å². The molecule has 0 atom stereocenters. The van der Waals surface area contributed by atoms with Crippen LogP contribution in [0.25, 0.3) is 0 Å². The second kappa shape index (κ2) is 44.4. The Morgan fingerprint density at radius 3 is 1.49 bits per heavy atom. The number of benzene rings is 7. The lowest BCUT2D eigenvalue weighted by molar-refractivity contribution is -0.137. The Hall–Kier alpha value is -11.4. The number of aldehydes is 1. The van der Waals surface area contributed by atoms with E-state index in [-0.39, 0.29) is 33.9 Å². The van der Waals surface area contributed by atoms with E-state index in [9.17, 15) is 53.1 Å². The van der Waals surface area contributed by atoms with Crippen molar-refractivity contribution in [2.24, 2.45) is 0 Å².